The third-order valence-electron chi connectivity index (χ3n) is 5.02. The number of rotatable bonds is 7. The molecule has 2 aromatic carbocycles. The molecule has 5 nitrogen and oxygen atoms in total. The van der Waals surface area contributed by atoms with Crippen molar-refractivity contribution in [1.82, 2.24) is 10.2 Å². The van der Waals surface area contributed by atoms with E-state index in [0.29, 0.717) is 17.8 Å². The van der Waals surface area contributed by atoms with Crippen LogP contribution in [0.5, 0.6) is 0 Å². The minimum Gasteiger partial charge on any atom is -0.348 e. The first-order valence-corrected chi connectivity index (χ1v) is 10.6. The zero-order valence-corrected chi connectivity index (χ0v) is 17.4. The van der Waals surface area contributed by atoms with E-state index in [0.717, 1.165) is 30.1 Å². The molecule has 0 aromatic heterocycles. The Balaban J connectivity index is 1.68. The van der Waals surface area contributed by atoms with Crippen LogP contribution in [0.15, 0.2) is 47.4 Å². The molecule has 1 atom stereocenters. The molecule has 28 heavy (non-hydrogen) atoms. The number of amides is 2. The number of hydrogen-bond acceptors (Lipinski definition) is 4. The number of hydrogen-bond donors (Lipinski definition) is 2. The summed E-state index contributed by atoms with van der Waals surface area (Å²) in [5, 5.41) is 5.78. The first kappa shape index (κ1) is 20.4. The second kappa shape index (κ2) is 9.26. The average Bonchev–Trinajstić information content (AvgIpc) is 2.71. The molecule has 1 heterocycles. The van der Waals surface area contributed by atoms with Gasteiger partial charge in [-0.25, -0.2) is 0 Å². The molecule has 3 rings (SSSR count). The monoisotopic (exact) mass is 397 g/mol. The molecule has 2 amide bonds. The van der Waals surface area contributed by atoms with Crippen LogP contribution in [0.2, 0.25) is 0 Å². The van der Waals surface area contributed by atoms with Gasteiger partial charge in [-0.1, -0.05) is 38.1 Å². The van der Waals surface area contributed by atoms with E-state index >= 15 is 0 Å². The van der Waals surface area contributed by atoms with Gasteiger partial charge in [0, 0.05) is 23.5 Å². The van der Waals surface area contributed by atoms with Crippen LogP contribution in [0.3, 0.4) is 0 Å². The highest BCUT2D eigenvalue weighted by Crippen LogP contribution is 2.35. The first-order valence-electron chi connectivity index (χ1n) is 9.70. The van der Waals surface area contributed by atoms with Gasteiger partial charge in [0.25, 0.3) is 5.91 Å². The van der Waals surface area contributed by atoms with Crippen molar-refractivity contribution in [2.24, 2.45) is 0 Å². The first-order chi connectivity index (χ1) is 13.5. The molecule has 2 aromatic rings. The highest BCUT2D eigenvalue weighted by atomic mass is 32.2. The van der Waals surface area contributed by atoms with E-state index in [9.17, 15) is 9.59 Å². The number of benzene rings is 2. The van der Waals surface area contributed by atoms with Crippen LogP contribution in [-0.4, -0.2) is 35.1 Å². The fourth-order valence-corrected chi connectivity index (χ4v) is 4.13. The number of carbonyl (C=O) groups is 2. The van der Waals surface area contributed by atoms with Crippen molar-refractivity contribution in [2.45, 2.75) is 44.0 Å². The second-order valence-corrected chi connectivity index (χ2v) is 8.26. The molecule has 0 unspecified atom stereocenters. The van der Waals surface area contributed by atoms with E-state index in [1.54, 1.807) is 6.07 Å². The highest BCUT2D eigenvalue weighted by Gasteiger charge is 2.23. The molecular weight excluding hydrogens is 370 g/mol. The summed E-state index contributed by atoms with van der Waals surface area (Å²) >= 11 is 1.51. The smallest absolute Gasteiger partial charge is 0.251 e. The van der Waals surface area contributed by atoms with Crippen molar-refractivity contribution in [2.75, 3.05) is 18.4 Å². The lowest BCUT2D eigenvalue weighted by atomic mass is 10.1. The molecule has 2 N–H and O–H groups in total. The second-order valence-electron chi connectivity index (χ2n) is 6.87. The third kappa shape index (κ3) is 4.75. The topological polar surface area (TPSA) is 61.4 Å². The van der Waals surface area contributed by atoms with Gasteiger partial charge in [-0.2, -0.15) is 0 Å². The lowest BCUT2D eigenvalue weighted by Crippen LogP contribution is -2.28. The third-order valence-corrected chi connectivity index (χ3v) is 6.20. The SMILES string of the molecule is CCN(CC)Cc1ccccc1CNC(=O)c1ccc2c(c1)NC(=O)[C@H](C)S2. The summed E-state index contributed by atoms with van der Waals surface area (Å²) in [4.78, 5) is 27.9. The van der Waals surface area contributed by atoms with Crippen LogP contribution >= 0.6 is 11.8 Å². The van der Waals surface area contributed by atoms with Gasteiger partial charge in [-0.05, 0) is 49.3 Å². The maximum atomic E-state index is 12.7. The molecule has 148 valence electrons. The summed E-state index contributed by atoms with van der Waals surface area (Å²) in [6.07, 6.45) is 0. The van der Waals surface area contributed by atoms with Gasteiger partial charge in [0.1, 0.15) is 0 Å². The molecule has 0 bridgehead atoms. The minimum absolute atomic E-state index is 0.0274. The molecule has 6 heteroatoms. The van der Waals surface area contributed by atoms with Gasteiger partial charge in [-0.3, -0.25) is 14.5 Å². The van der Waals surface area contributed by atoms with Crippen molar-refractivity contribution in [3.05, 3.63) is 59.2 Å². The Morgan fingerprint density at radius 2 is 1.86 bits per heavy atom. The van der Waals surface area contributed by atoms with Crippen LogP contribution < -0.4 is 10.6 Å². The number of thioether (sulfide) groups is 1. The molecular formula is C22H27N3O2S. The van der Waals surface area contributed by atoms with E-state index in [2.05, 4.69) is 41.5 Å². The number of nitrogens with one attached hydrogen (secondary N) is 2. The molecule has 0 spiro atoms. The Morgan fingerprint density at radius 3 is 2.57 bits per heavy atom. The average molecular weight is 398 g/mol. The Bertz CT molecular complexity index is 865. The molecule has 0 fully saturated rings. The van der Waals surface area contributed by atoms with E-state index in [1.165, 1.54) is 17.3 Å². The van der Waals surface area contributed by atoms with Crippen LogP contribution in [0.4, 0.5) is 5.69 Å². The van der Waals surface area contributed by atoms with Crippen LogP contribution in [0.1, 0.15) is 42.3 Å². The summed E-state index contributed by atoms with van der Waals surface area (Å²) in [6, 6.07) is 13.7. The summed E-state index contributed by atoms with van der Waals surface area (Å²) in [5.41, 5.74) is 3.62. The number of anilines is 1. The number of nitrogens with zero attached hydrogens (tertiary/aromatic N) is 1. The lowest BCUT2D eigenvalue weighted by molar-refractivity contribution is -0.115. The van der Waals surface area contributed by atoms with E-state index in [-0.39, 0.29) is 17.1 Å². The van der Waals surface area contributed by atoms with Crippen LogP contribution in [0.25, 0.3) is 0 Å². The summed E-state index contributed by atoms with van der Waals surface area (Å²) in [6.45, 7) is 9.52. The van der Waals surface area contributed by atoms with Gasteiger partial charge in [0.05, 0.1) is 10.9 Å². The van der Waals surface area contributed by atoms with E-state index in [1.807, 2.05) is 31.2 Å². The maximum Gasteiger partial charge on any atom is 0.251 e. The molecule has 1 aliphatic rings. The van der Waals surface area contributed by atoms with Crippen molar-refractivity contribution in [1.29, 1.82) is 0 Å². The predicted molar refractivity (Wildman–Crippen MR) is 115 cm³/mol. The van der Waals surface area contributed by atoms with E-state index < -0.39 is 0 Å². The fraction of sp³-hybridized carbons (Fsp3) is 0.364. The maximum absolute atomic E-state index is 12.7. The van der Waals surface area contributed by atoms with Crippen LogP contribution in [0, 0.1) is 0 Å². The van der Waals surface area contributed by atoms with Gasteiger partial charge >= 0.3 is 0 Å². The van der Waals surface area contributed by atoms with Gasteiger partial charge in [-0.15, -0.1) is 11.8 Å². The van der Waals surface area contributed by atoms with Crippen LogP contribution in [-0.2, 0) is 17.9 Å². The Hall–Kier alpha value is -2.31. The number of carbonyl (C=O) groups excluding carboxylic acids is 2. The molecule has 0 radical (unpaired) electrons. The molecule has 1 aliphatic heterocycles. The summed E-state index contributed by atoms with van der Waals surface area (Å²) in [5.74, 6) is -0.168. The highest BCUT2D eigenvalue weighted by molar-refractivity contribution is 8.00. The lowest BCUT2D eigenvalue weighted by Gasteiger charge is -2.22. The summed E-state index contributed by atoms with van der Waals surface area (Å²) < 4.78 is 0. The Morgan fingerprint density at radius 1 is 1.14 bits per heavy atom. The standard InChI is InChI=1S/C22H27N3O2S/c1-4-25(5-2)14-18-9-7-6-8-17(18)13-23-22(27)16-10-11-20-19(12-16)24-21(26)15(3)28-20/h6-12,15H,4-5,13-14H2,1-3H3,(H,23,27)(H,24,26)/t15-/m0/s1. The van der Waals surface area contributed by atoms with Crippen molar-refractivity contribution < 1.29 is 9.59 Å². The van der Waals surface area contributed by atoms with Crippen molar-refractivity contribution in [3.8, 4) is 0 Å². The van der Waals surface area contributed by atoms with E-state index in [4.69, 9.17) is 0 Å². The van der Waals surface area contributed by atoms with Gasteiger partial charge < -0.3 is 10.6 Å². The fourth-order valence-electron chi connectivity index (χ4n) is 3.20. The zero-order chi connectivity index (χ0) is 20.1. The molecule has 0 aliphatic carbocycles. The quantitative estimate of drug-likeness (QED) is 0.744. The van der Waals surface area contributed by atoms with Gasteiger partial charge in [0.2, 0.25) is 5.91 Å². The van der Waals surface area contributed by atoms with Crippen molar-refractivity contribution >= 4 is 29.3 Å². The molecule has 0 saturated heterocycles. The largest absolute Gasteiger partial charge is 0.348 e. The number of fused-ring (bicyclic) bond motifs is 1. The zero-order valence-electron chi connectivity index (χ0n) is 16.6. The summed E-state index contributed by atoms with van der Waals surface area (Å²) in [7, 11) is 0. The normalized spacial score (nSPS) is 15.9. The predicted octanol–water partition coefficient (Wildman–Crippen LogP) is 3.89. The minimum atomic E-state index is -0.140. The van der Waals surface area contributed by atoms with Crippen molar-refractivity contribution in [3.63, 3.8) is 0 Å². The Labute approximate surface area is 170 Å². The Kier molecular flexibility index (Phi) is 6.75. The molecule has 0 saturated carbocycles. The van der Waals surface area contributed by atoms with Gasteiger partial charge in [0.15, 0.2) is 0 Å².